The molecule has 2 N–H and O–H groups in total. The Kier molecular flexibility index (Phi) is 4.24. The smallest absolute Gasteiger partial charge is 0.259 e. The molecule has 3 rings (SSSR count). The second-order valence-corrected chi connectivity index (χ2v) is 5.21. The number of carbonyl (C=O) groups excluding carboxylic acids is 1. The zero-order chi connectivity index (χ0) is 17.1. The number of benzene rings is 3. The van der Waals surface area contributed by atoms with E-state index in [1.807, 2.05) is 24.3 Å². The van der Waals surface area contributed by atoms with Crippen LogP contribution in [0.1, 0.15) is 10.4 Å². The molecule has 0 unspecified atom stereocenters. The number of hydrogen-bond donors (Lipinski definition) is 2. The third kappa shape index (κ3) is 2.84. The van der Waals surface area contributed by atoms with Gasteiger partial charge in [0.15, 0.2) is 11.5 Å². The Labute approximate surface area is 139 Å². The van der Waals surface area contributed by atoms with Crippen molar-refractivity contribution in [2.45, 2.75) is 0 Å². The Morgan fingerprint density at radius 2 is 1.67 bits per heavy atom. The first-order chi connectivity index (χ1) is 11.6. The summed E-state index contributed by atoms with van der Waals surface area (Å²) < 4.78 is 10.5. The van der Waals surface area contributed by atoms with Crippen LogP contribution < -0.4 is 14.8 Å². The average Bonchev–Trinajstić information content (AvgIpc) is 2.60. The maximum absolute atomic E-state index is 12.6. The molecule has 0 aromatic heterocycles. The highest BCUT2D eigenvalue weighted by molar-refractivity contribution is 6.09. The Bertz CT molecular complexity index is 905. The van der Waals surface area contributed by atoms with Crippen molar-refractivity contribution < 1.29 is 19.4 Å². The van der Waals surface area contributed by atoms with Gasteiger partial charge in [0.25, 0.3) is 5.91 Å². The Balaban J connectivity index is 1.97. The maximum Gasteiger partial charge on any atom is 0.259 e. The van der Waals surface area contributed by atoms with E-state index < -0.39 is 5.91 Å². The van der Waals surface area contributed by atoms with Crippen molar-refractivity contribution in [3.05, 3.63) is 60.2 Å². The number of para-hydroxylation sites is 1. The van der Waals surface area contributed by atoms with Crippen LogP contribution in [-0.4, -0.2) is 25.2 Å². The van der Waals surface area contributed by atoms with Crippen molar-refractivity contribution in [3.8, 4) is 17.2 Å². The Hall–Kier alpha value is -3.21. The van der Waals surface area contributed by atoms with Crippen LogP contribution in [0.5, 0.6) is 17.2 Å². The molecular weight excluding hydrogens is 306 g/mol. The number of nitrogens with one attached hydrogen (secondary N) is 1. The maximum atomic E-state index is 12.6. The number of amides is 1. The Morgan fingerprint density at radius 1 is 0.958 bits per heavy atom. The number of anilines is 1. The summed E-state index contributed by atoms with van der Waals surface area (Å²) in [5.41, 5.74) is 0.660. The van der Waals surface area contributed by atoms with Gasteiger partial charge in [0, 0.05) is 0 Å². The molecule has 1 amide bonds. The molecule has 3 aromatic rings. The summed E-state index contributed by atoms with van der Waals surface area (Å²) in [6, 6.07) is 15.9. The third-order valence-corrected chi connectivity index (χ3v) is 3.76. The monoisotopic (exact) mass is 323 g/mol. The molecule has 0 aliphatic rings. The molecule has 0 saturated carbocycles. The number of ether oxygens (including phenoxy) is 2. The summed E-state index contributed by atoms with van der Waals surface area (Å²) in [7, 11) is 3.03. The SMILES string of the molecule is COc1cccc(NC(=O)c2cc3ccccc3cc2O)c1OC. The van der Waals surface area contributed by atoms with Crippen LogP contribution in [0.15, 0.2) is 54.6 Å². The van der Waals surface area contributed by atoms with Crippen molar-refractivity contribution >= 4 is 22.4 Å². The van der Waals surface area contributed by atoms with Crippen molar-refractivity contribution in [1.29, 1.82) is 0 Å². The summed E-state index contributed by atoms with van der Waals surface area (Å²) >= 11 is 0. The van der Waals surface area contributed by atoms with E-state index in [-0.39, 0.29) is 11.3 Å². The zero-order valence-electron chi connectivity index (χ0n) is 13.4. The summed E-state index contributed by atoms with van der Waals surface area (Å²) in [4.78, 5) is 12.6. The van der Waals surface area contributed by atoms with E-state index in [9.17, 15) is 9.90 Å². The van der Waals surface area contributed by atoms with E-state index in [2.05, 4.69) is 5.32 Å². The third-order valence-electron chi connectivity index (χ3n) is 3.76. The summed E-state index contributed by atoms with van der Waals surface area (Å²) in [5.74, 6) is 0.435. The molecule has 0 atom stereocenters. The Morgan fingerprint density at radius 3 is 2.33 bits per heavy atom. The molecular formula is C19H17NO4. The normalized spacial score (nSPS) is 10.4. The topological polar surface area (TPSA) is 67.8 Å². The minimum absolute atomic E-state index is 0.0759. The predicted molar refractivity (Wildman–Crippen MR) is 93.1 cm³/mol. The quantitative estimate of drug-likeness (QED) is 0.766. The number of carbonyl (C=O) groups is 1. The first-order valence-electron chi connectivity index (χ1n) is 7.38. The van der Waals surface area contributed by atoms with Crippen molar-refractivity contribution in [2.75, 3.05) is 19.5 Å². The second kappa shape index (κ2) is 6.50. The van der Waals surface area contributed by atoms with Crippen LogP contribution in [0.3, 0.4) is 0 Å². The van der Waals surface area contributed by atoms with Gasteiger partial charge in [0.1, 0.15) is 5.75 Å². The molecule has 0 aliphatic heterocycles. The first-order valence-corrected chi connectivity index (χ1v) is 7.38. The van der Waals surface area contributed by atoms with Gasteiger partial charge in [0.05, 0.1) is 25.5 Å². The fraction of sp³-hybridized carbons (Fsp3) is 0.105. The lowest BCUT2D eigenvalue weighted by Crippen LogP contribution is -2.13. The van der Waals surface area contributed by atoms with Crippen LogP contribution in [0, 0.1) is 0 Å². The second-order valence-electron chi connectivity index (χ2n) is 5.21. The average molecular weight is 323 g/mol. The van der Waals surface area contributed by atoms with E-state index in [0.717, 1.165) is 10.8 Å². The summed E-state index contributed by atoms with van der Waals surface area (Å²) in [6.45, 7) is 0. The summed E-state index contributed by atoms with van der Waals surface area (Å²) in [5, 5.41) is 14.7. The molecule has 0 bridgehead atoms. The number of rotatable bonds is 4. The fourth-order valence-corrected chi connectivity index (χ4v) is 2.59. The minimum atomic E-state index is -0.426. The largest absolute Gasteiger partial charge is 0.507 e. The van der Waals surface area contributed by atoms with Crippen LogP contribution in [0.25, 0.3) is 10.8 Å². The van der Waals surface area contributed by atoms with Gasteiger partial charge in [0.2, 0.25) is 0 Å². The van der Waals surface area contributed by atoms with E-state index in [1.54, 1.807) is 30.3 Å². The molecule has 0 aliphatic carbocycles. The molecule has 0 spiro atoms. The fourth-order valence-electron chi connectivity index (χ4n) is 2.59. The minimum Gasteiger partial charge on any atom is -0.507 e. The predicted octanol–water partition coefficient (Wildman–Crippen LogP) is 3.81. The van der Waals surface area contributed by atoms with E-state index >= 15 is 0 Å². The van der Waals surface area contributed by atoms with Gasteiger partial charge in [-0.25, -0.2) is 0 Å². The lowest BCUT2D eigenvalue weighted by atomic mass is 10.1. The number of phenolic OH excluding ortho intramolecular Hbond substituents is 1. The number of aromatic hydroxyl groups is 1. The van der Waals surface area contributed by atoms with E-state index in [0.29, 0.717) is 17.2 Å². The highest BCUT2D eigenvalue weighted by Crippen LogP contribution is 2.35. The van der Waals surface area contributed by atoms with Gasteiger partial charge in [-0.05, 0) is 35.0 Å². The lowest BCUT2D eigenvalue weighted by molar-refractivity contribution is 0.102. The molecule has 3 aromatic carbocycles. The lowest BCUT2D eigenvalue weighted by Gasteiger charge is -2.14. The summed E-state index contributed by atoms with van der Waals surface area (Å²) in [6.07, 6.45) is 0. The molecule has 0 radical (unpaired) electrons. The van der Waals surface area contributed by atoms with Gasteiger partial charge < -0.3 is 19.9 Å². The van der Waals surface area contributed by atoms with Gasteiger partial charge in [-0.2, -0.15) is 0 Å². The van der Waals surface area contributed by atoms with Crippen molar-refractivity contribution in [2.24, 2.45) is 0 Å². The van der Waals surface area contributed by atoms with Crippen LogP contribution >= 0.6 is 0 Å². The number of methoxy groups -OCH3 is 2. The standard InChI is InChI=1S/C19H17NO4/c1-23-17-9-5-8-15(18(17)24-2)20-19(22)14-10-12-6-3-4-7-13(12)11-16(14)21/h3-11,21H,1-2H3,(H,20,22). The van der Waals surface area contributed by atoms with Crippen LogP contribution in [-0.2, 0) is 0 Å². The van der Waals surface area contributed by atoms with Crippen LogP contribution in [0.4, 0.5) is 5.69 Å². The molecule has 0 fully saturated rings. The van der Waals surface area contributed by atoms with Crippen molar-refractivity contribution in [3.63, 3.8) is 0 Å². The highest BCUT2D eigenvalue weighted by Gasteiger charge is 2.16. The van der Waals surface area contributed by atoms with Crippen LogP contribution in [0.2, 0.25) is 0 Å². The molecule has 0 saturated heterocycles. The van der Waals surface area contributed by atoms with Gasteiger partial charge in [-0.3, -0.25) is 4.79 Å². The number of phenols is 1. The van der Waals surface area contributed by atoms with Crippen molar-refractivity contribution in [1.82, 2.24) is 0 Å². The molecule has 5 nitrogen and oxygen atoms in total. The number of hydrogen-bond acceptors (Lipinski definition) is 4. The molecule has 24 heavy (non-hydrogen) atoms. The van der Waals surface area contributed by atoms with E-state index in [4.69, 9.17) is 9.47 Å². The van der Waals surface area contributed by atoms with Gasteiger partial charge in [-0.1, -0.05) is 30.3 Å². The molecule has 122 valence electrons. The first kappa shape index (κ1) is 15.7. The zero-order valence-corrected chi connectivity index (χ0v) is 13.4. The van der Waals surface area contributed by atoms with Gasteiger partial charge in [-0.15, -0.1) is 0 Å². The molecule has 0 heterocycles. The van der Waals surface area contributed by atoms with Gasteiger partial charge >= 0.3 is 0 Å². The number of fused-ring (bicyclic) bond motifs is 1. The molecule has 5 heteroatoms. The highest BCUT2D eigenvalue weighted by atomic mass is 16.5. The van der Waals surface area contributed by atoms with E-state index in [1.165, 1.54) is 14.2 Å².